The van der Waals surface area contributed by atoms with Crippen molar-refractivity contribution in [3.05, 3.63) is 34.1 Å². The second kappa shape index (κ2) is 7.74. The predicted octanol–water partition coefficient (Wildman–Crippen LogP) is 3.67. The van der Waals surface area contributed by atoms with E-state index in [0.717, 1.165) is 12.8 Å². The van der Waals surface area contributed by atoms with Crippen LogP contribution in [0.2, 0.25) is 0 Å². The van der Waals surface area contributed by atoms with Gasteiger partial charge in [-0.3, -0.25) is 4.79 Å². The molecular formula is C15H19BrFNO2. The zero-order valence-corrected chi connectivity index (χ0v) is 12.9. The lowest BCUT2D eigenvalue weighted by molar-refractivity contribution is 0.0299. The van der Waals surface area contributed by atoms with E-state index in [0.29, 0.717) is 29.3 Å². The third kappa shape index (κ3) is 4.56. The Morgan fingerprint density at radius 3 is 2.80 bits per heavy atom. The Morgan fingerprint density at radius 2 is 2.10 bits per heavy atom. The molecule has 5 heteroatoms. The Labute approximate surface area is 127 Å². The van der Waals surface area contributed by atoms with Gasteiger partial charge in [-0.1, -0.05) is 19.3 Å². The predicted molar refractivity (Wildman–Crippen MR) is 79.3 cm³/mol. The fourth-order valence-electron chi connectivity index (χ4n) is 2.36. The van der Waals surface area contributed by atoms with Gasteiger partial charge >= 0.3 is 0 Å². The topological polar surface area (TPSA) is 38.3 Å². The molecule has 0 unspecified atom stereocenters. The van der Waals surface area contributed by atoms with Crippen molar-refractivity contribution < 1.29 is 13.9 Å². The molecule has 20 heavy (non-hydrogen) atoms. The molecule has 1 fully saturated rings. The van der Waals surface area contributed by atoms with Gasteiger partial charge in [0.25, 0.3) is 5.91 Å². The van der Waals surface area contributed by atoms with Gasteiger partial charge in [0.15, 0.2) is 0 Å². The van der Waals surface area contributed by atoms with Crippen molar-refractivity contribution in [2.45, 2.75) is 38.2 Å². The van der Waals surface area contributed by atoms with Crippen LogP contribution < -0.4 is 5.32 Å². The molecule has 0 radical (unpaired) electrons. The van der Waals surface area contributed by atoms with E-state index in [1.54, 1.807) is 0 Å². The number of halogens is 2. The van der Waals surface area contributed by atoms with Crippen LogP contribution in [0.15, 0.2) is 22.7 Å². The van der Waals surface area contributed by atoms with Crippen molar-refractivity contribution in [1.29, 1.82) is 0 Å². The summed E-state index contributed by atoms with van der Waals surface area (Å²) in [6, 6.07) is 4.22. The molecule has 0 bridgehead atoms. The normalized spacial score (nSPS) is 16.1. The summed E-state index contributed by atoms with van der Waals surface area (Å²) in [5, 5.41) is 2.78. The number of amides is 1. The molecule has 1 aromatic carbocycles. The summed E-state index contributed by atoms with van der Waals surface area (Å²) in [5.74, 6) is -0.583. The molecule has 0 atom stereocenters. The number of rotatable bonds is 5. The SMILES string of the molecule is O=C(NCCOC1CCCCC1)c1ccc(F)c(Br)c1. The van der Waals surface area contributed by atoms with Gasteiger partial charge in [0.05, 0.1) is 17.2 Å². The summed E-state index contributed by atoms with van der Waals surface area (Å²) in [5.41, 5.74) is 0.441. The number of carbonyl (C=O) groups excluding carboxylic acids is 1. The number of carbonyl (C=O) groups is 1. The zero-order chi connectivity index (χ0) is 14.4. The first-order valence-corrected chi connectivity index (χ1v) is 7.81. The highest BCUT2D eigenvalue weighted by molar-refractivity contribution is 9.10. The largest absolute Gasteiger partial charge is 0.376 e. The van der Waals surface area contributed by atoms with Crippen molar-refractivity contribution >= 4 is 21.8 Å². The Balaban J connectivity index is 1.70. The first-order valence-electron chi connectivity index (χ1n) is 7.01. The fourth-order valence-corrected chi connectivity index (χ4v) is 2.74. The maximum atomic E-state index is 13.1. The molecule has 0 aliphatic heterocycles. The fraction of sp³-hybridized carbons (Fsp3) is 0.533. The molecule has 1 saturated carbocycles. The van der Waals surface area contributed by atoms with Crippen molar-refractivity contribution in [3.63, 3.8) is 0 Å². The monoisotopic (exact) mass is 343 g/mol. The van der Waals surface area contributed by atoms with Crippen LogP contribution in [0.1, 0.15) is 42.5 Å². The van der Waals surface area contributed by atoms with E-state index < -0.39 is 0 Å². The maximum Gasteiger partial charge on any atom is 0.251 e. The minimum absolute atomic E-state index is 0.210. The van der Waals surface area contributed by atoms with Crippen LogP contribution in [0.5, 0.6) is 0 Å². The third-order valence-corrected chi connectivity index (χ3v) is 4.08. The minimum Gasteiger partial charge on any atom is -0.376 e. The summed E-state index contributed by atoms with van der Waals surface area (Å²) in [7, 11) is 0. The standard InChI is InChI=1S/C15H19BrFNO2/c16-13-10-11(6-7-14(13)17)15(19)18-8-9-20-12-4-2-1-3-5-12/h6-7,10,12H,1-5,8-9H2,(H,18,19). The van der Waals surface area contributed by atoms with E-state index in [-0.39, 0.29) is 11.7 Å². The van der Waals surface area contributed by atoms with E-state index in [9.17, 15) is 9.18 Å². The van der Waals surface area contributed by atoms with Crippen LogP contribution in [0, 0.1) is 5.82 Å². The summed E-state index contributed by atoms with van der Waals surface area (Å²) >= 11 is 3.07. The van der Waals surface area contributed by atoms with Crippen molar-refractivity contribution in [3.8, 4) is 0 Å². The van der Waals surface area contributed by atoms with Crippen molar-refractivity contribution in [2.24, 2.45) is 0 Å². The molecule has 0 heterocycles. The van der Waals surface area contributed by atoms with Gasteiger partial charge in [-0.05, 0) is 47.0 Å². The lowest BCUT2D eigenvalue weighted by Crippen LogP contribution is -2.29. The number of benzene rings is 1. The molecule has 1 amide bonds. The Kier molecular flexibility index (Phi) is 5.98. The van der Waals surface area contributed by atoms with E-state index in [2.05, 4.69) is 21.2 Å². The molecule has 2 rings (SSSR count). The van der Waals surface area contributed by atoms with Crippen LogP contribution in [0.25, 0.3) is 0 Å². The van der Waals surface area contributed by atoms with Crippen LogP contribution in [0.3, 0.4) is 0 Å². The zero-order valence-electron chi connectivity index (χ0n) is 11.3. The number of nitrogens with one attached hydrogen (secondary N) is 1. The van der Waals surface area contributed by atoms with Crippen LogP contribution in [0.4, 0.5) is 4.39 Å². The molecule has 0 spiro atoms. The lowest BCUT2D eigenvalue weighted by atomic mass is 9.98. The first kappa shape index (κ1) is 15.4. The van der Waals surface area contributed by atoms with Gasteiger partial charge in [-0.2, -0.15) is 0 Å². The van der Waals surface area contributed by atoms with E-state index in [4.69, 9.17) is 4.74 Å². The summed E-state index contributed by atoms with van der Waals surface area (Å²) in [6.07, 6.45) is 6.37. The third-order valence-electron chi connectivity index (χ3n) is 3.48. The average molecular weight is 344 g/mol. The van der Waals surface area contributed by atoms with Gasteiger partial charge < -0.3 is 10.1 Å². The Bertz CT molecular complexity index is 461. The first-order chi connectivity index (χ1) is 9.66. The smallest absolute Gasteiger partial charge is 0.251 e. The molecule has 0 aromatic heterocycles. The highest BCUT2D eigenvalue weighted by atomic mass is 79.9. The number of ether oxygens (including phenoxy) is 1. The van der Waals surface area contributed by atoms with Crippen LogP contribution >= 0.6 is 15.9 Å². The Morgan fingerprint density at radius 1 is 1.35 bits per heavy atom. The molecule has 1 aliphatic carbocycles. The Hall–Kier alpha value is -0.940. The molecule has 3 nitrogen and oxygen atoms in total. The number of hydrogen-bond donors (Lipinski definition) is 1. The number of hydrogen-bond acceptors (Lipinski definition) is 2. The van der Waals surface area contributed by atoms with Gasteiger partial charge in [0, 0.05) is 12.1 Å². The van der Waals surface area contributed by atoms with E-state index in [1.807, 2.05) is 0 Å². The summed E-state index contributed by atoms with van der Waals surface area (Å²) in [6.45, 7) is 1.00. The van der Waals surface area contributed by atoms with Gasteiger partial charge in [-0.15, -0.1) is 0 Å². The van der Waals surface area contributed by atoms with E-state index in [1.165, 1.54) is 37.5 Å². The maximum absolute atomic E-state index is 13.1. The van der Waals surface area contributed by atoms with Crippen LogP contribution in [-0.4, -0.2) is 25.2 Å². The summed E-state index contributed by atoms with van der Waals surface area (Å²) < 4.78 is 19.1. The highest BCUT2D eigenvalue weighted by Crippen LogP contribution is 2.20. The molecule has 110 valence electrons. The minimum atomic E-state index is -0.373. The van der Waals surface area contributed by atoms with Gasteiger partial charge in [0.2, 0.25) is 0 Å². The van der Waals surface area contributed by atoms with Gasteiger partial charge in [-0.25, -0.2) is 4.39 Å². The van der Waals surface area contributed by atoms with Crippen molar-refractivity contribution in [2.75, 3.05) is 13.2 Å². The molecule has 1 aromatic rings. The van der Waals surface area contributed by atoms with E-state index >= 15 is 0 Å². The average Bonchev–Trinajstić information content (AvgIpc) is 2.47. The van der Waals surface area contributed by atoms with Gasteiger partial charge in [0.1, 0.15) is 5.82 Å². The van der Waals surface area contributed by atoms with Crippen LogP contribution in [-0.2, 0) is 4.74 Å². The second-order valence-corrected chi connectivity index (χ2v) is 5.87. The molecular weight excluding hydrogens is 325 g/mol. The highest BCUT2D eigenvalue weighted by Gasteiger charge is 2.13. The molecule has 1 aliphatic rings. The molecule has 1 N–H and O–H groups in total. The lowest BCUT2D eigenvalue weighted by Gasteiger charge is -2.22. The quantitative estimate of drug-likeness (QED) is 0.828. The summed E-state index contributed by atoms with van der Waals surface area (Å²) in [4.78, 5) is 11.8. The second-order valence-electron chi connectivity index (χ2n) is 5.02. The van der Waals surface area contributed by atoms with Crippen molar-refractivity contribution in [1.82, 2.24) is 5.32 Å². The molecule has 0 saturated heterocycles.